The van der Waals surface area contributed by atoms with Crippen LogP contribution in [0.15, 0.2) is 41.6 Å². The second kappa shape index (κ2) is 5.01. The van der Waals surface area contributed by atoms with E-state index in [0.29, 0.717) is 24.2 Å². The summed E-state index contributed by atoms with van der Waals surface area (Å²) < 4.78 is 0. The molecular weight excluding hydrogens is 216 g/mol. The molecule has 0 atom stereocenters. The van der Waals surface area contributed by atoms with Crippen molar-refractivity contribution in [2.75, 3.05) is 13.1 Å². The molecule has 1 aromatic rings. The molecule has 0 aliphatic carbocycles. The molecule has 0 aromatic heterocycles. The maximum atomic E-state index is 11.0. The van der Waals surface area contributed by atoms with Crippen molar-refractivity contribution in [1.29, 1.82) is 0 Å². The fraction of sp³-hybridized carbons (Fsp3) is 0.308. The molecule has 3 N–H and O–H groups in total. The second-order valence-electron chi connectivity index (χ2n) is 4.26. The van der Waals surface area contributed by atoms with Crippen molar-refractivity contribution in [3.05, 3.63) is 47.2 Å². The van der Waals surface area contributed by atoms with Gasteiger partial charge in [-0.15, -0.1) is 0 Å². The van der Waals surface area contributed by atoms with Gasteiger partial charge in [0.25, 0.3) is 0 Å². The van der Waals surface area contributed by atoms with Gasteiger partial charge in [0.1, 0.15) is 0 Å². The van der Waals surface area contributed by atoms with E-state index >= 15 is 0 Å². The first-order valence-electron chi connectivity index (χ1n) is 5.64. The summed E-state index contributed by atoms with van der Waals surface area (Å²) in [6.45, 7) is 2.01. The van der Waals surface area contributed by atoms with Crippen molar-refractivity contribution in [2.45, 2.75) is 13.0 Å². The van der Waals surface area contributed by atoms with Crippen LogP contribution in [0.1, 0.15) is 12.0 Å². The Kier molecular flexibility index (Phi) is 3.44. The summed E-state index contributed by atoms with van der Waals surface area (Å²) in [6, 6.07) is 10.0. The summed E-state index contributed by atoms with van der Waals surface area (Å²) in [4.78, 5) is 13.1. The van der Waals surface area contributed by atoms with Crippen LogP contribution < -0.4 is 5.73 Å². The largest absolute Gasteiger partial charge is 0.478 e. The average molecular weight is 232 g/mol. The van der Waals surface area contributed by atoms with Gasteiger partial charge in [-0.05, 0) is 5.56 Å². The smallest absolute Gasteiger partial charge is 0.334 e. The van der Waals surface area contributed by atoms with Gasteiger partial charge in [0, 0.05) is 31.8 Å². The number of carboxylic acid groups (broad SMARTS) is 1. The van der Waals surface area contributed by atoms with Crippen LogP contribution in [0.4, 0.5) is 0 Å². The van der Waals surface area contributed by atoms with Crippen LogP contribution in [0, 0.1) is 0 Å². The first kappa shape index (κ1) is 11.7. The van der Waals surface area contributed by atoms with Gasteiger partial charge in [-0.3, -0.25) is 4.90 Å². The molecule has 0 fully saturated rings. The quantitative estimate of drug-likeness (QED) is 0.821. The lowest BCUT2D eigenvalue weighted by atomic mass is 10.1. The van der Waals surface area contributed by atoms with Gasteiger partial charge >= 0.3 is 5.97 Å². The van der Waals surface area contributed by atoms with E-state index in [1.54, 1.807) is 0 Å². The highest BCUT2D eigenvalue weighted by Gasteiger charge is 2.21. The molecule has 4 nitrogen and oxygen atoms in total. The van der Waals surface area contributed by atoms with Crippen molar-refractivity contribution in [3.63, 3.8) is 0 Å². The molecule has 1 aliphatic heterocycles. The van der Waals surface area contributed by atoms with Crippen molar-refractivity contribution in [2.24, 2.45) is 5.73 Å². The predicted octanol–water partition coefficient (Wildman–Crippen LogP) is 1.19. The zero-order valence-corrected chi connectivity index (χ0v) is 9.60. The molecule has 0 spiro atoms. The van der Waals surface area contributed by atoms with Crippen molar-refractivity contribution < 1.29 is 9.90 Å². The van der Waals surface area contributed by atoms with E-state index in [-0.39, 0.29) is 0 Å². The van der Waals surface area contributed by atoms with Gasteiger partial charge in [0.15, 0.2) is 0 Å². The summed E-state index contributed by atoms with van der Waals surface area (Å²) in [7, 11) is 0. The maximum absolute atomic E-state index is 11.0. The topological polar surface area (TPSA) is 66.6 Å². The summed E-state index contributed by atoms with van der Waals surface area (Å²) in [5.74, 6) is -0.903. The molecule has 17 heavy (non-hydrogen) atoms. The zero-order valence-electron chi connectivity index (χ0n) is 9.60. The van der Waals surface area contributed by atoms with Gasteiger partial charge in [0.05, 0.1) is 5.57 Å². The number of benzene rings is 1. The average Bonchev–Trinajstić information content (AvgIpc) is 2.32. The summed E-state index contributed by atoms with van der Waals surface area (Å²) in [5.41, 5.74) is 7.76. The van der Waals surface area contributed by atoms with E-state index < -0.39 is 5.97 Å². The van der Waals surface area contributed by atoms with E-state index in [1.165, 1.54) is 5.56 Å². The monoisotopic (exact) mass is 232 g/mol. The number of hydrogen-bond acceptors (Lipinski definition) is 3. The molecule has 2 rings (SSSR count). The summed E-state index contributed by atoms with van der Waals surface area (Å²) in [5, 5.41) is 9.03. The summed E-state index contributed by atoms with van der Waals surface area (Å²) in [6.07, 6.45) is 0.633. The first-order chi connectivity index (χ1) is 8.16. The third-order valence-corrected chi connectivity index (χ3v) is 2.97. The van der Waals surface area contributed by atoms with Crippen LogP contribution in [0.3, 0.4) is 0 Å². The molecule has 4 heteroatoms. The van der Waals surface area contributed by atoms with Crippen molar-refractivity contribution in [3.8, 4) is 0 Å². The Morgan fingerprint density at radius 1 is 1.35 bits per heavy atom. The highest BCUT2D eigenvalue weighted by molar-refractivity contribution is 5.88. The lowest BCUT2D eigenvalue weighted by Gasteiger charge is -2.27. The Morgan fingerprint density at radius 2 is 2.06 bits per heavy atom. The van der Waals surface area contributed by atoms with Gasteiger partial charge in [0.2, 0.25) is 0 Å². The number of carboxylic acids is 1. The van der Waals surface area contributed by atoms with Crippen LogP contribution in [0.25, 0.3) is 0 Å². The molecule has 0 saturated heterocycles. The Hall–Kier alpha value is -1.81. The molecule has 90 valence electrons. The highest BCUT2D eigenvalue weighted by atomic mass is 16.4. The summed E-state index contributed by atoms with van der Waals surface area (Å²) >= 11 is 0. The molecule has 0 amide bonds. The Bertz CT molecular complexity index is 440. The number of hydrogen-bond donors (Lipinski definition) is 2. The van der Waals surface area contributed by atoms with Gasteiger partial charge in [-0.1, -0.05) is 30.3 Å². The van der Waals surface area contributed by atoms with Crippen LogP contribution in [0.5, 0.6) is 0 Å². The molecule has 1 aliphatic rings. The van der Waals surface area contributed by atoms with E-state index in [9.17, 15) is 4.79 Å². The number of carbonyl (C=O) groups is 1. The number of rotatable bonds is 3. The van der Waals surface area contributed by atoms with Gasteiger partial charge < -0.3 is 10.8 Å². The minimum absolute atomic E-state index is 0.340. The predicted molar refractivity (Wildman–Crippen MR) is 65.2 cm³/mol. The van der Waals surface area contributed by atoms with E-state index in [4.69, 9.17) is 10.8 Å². The lowest BCUT2D eigenvalue weighted by Crippen LogP contribution is -2.35. The van der Waals surface area contributed by atoms with Crippen LogP contribution in [0.2, 0.25) is 0 Å². The Balaban J connectivity index is 2.04. The molecule has 0 saturated carbocycles. The van der Waals surface area contributed by atoms with Crippen LogP contribution in [-0.2, 0) is 11.3 Å². The first-order valence-corrected chi connectivity index (χ1v) is 5.64. The van der Waals surface area contributed by atoms with Gasteiger partial charge in [-0.2, -0.15) is 0 Å². The minimum Gasteiger partial charge on any atom is -0.478 e. The van der Waals surface area contributed by atoms with Crippen LogP contribution >= 0.6 is 0 Å². The minimum atomic E-state index is -0.903. The van der Waals surface area contributed by atoms with E-state index in [0.717, 1.165) is 13.1 Å². The fourth-order valence-corrected chi connectivity index (χ4v) is 2.02. The second-order valence-corrected chi connectivity index (χ2v) is 4.26. The third kappa shape index (κ3) is 2.85. The van der Waals surface area contributed by atoms with Crippen LogP contribution in [-0.4, -0.2) is 29.1 Å². The number of aliphatic carboxylic acids is 1. The maximum Gasteiger partial charge on any atom is 0.334 e. The SMILES string of the molecule is NC1=C(C(=O)O)CN(Cc2ccccc2)CC1. The molecule has 0 radical (unpaired) electrons. The zero-order chi connectivity index (χ0) is 12.3. The molecule has 0 bridgehead atoms. The number of nitrogens with zero attached hydrogens (tertiary/aromatic N) is 1. The molecule has 1 aromatic carbocycles. The fourth-order valence-electron chi connectivity index (χ4n) is 2.02. The normalized spacial score (nSPS) is 17.2. The van der Waals surface area contributed by atoms with Gasteiger partial charge in [-0.25, -0.2) is 4.79 Å². The molecular formula is C13H16N2O2. The van der Waals surface area contributed by atoms with Crippen molar-refractivity contribution >= 4 is 5.97 Å². The number of nitrogens with two attached hydrogens (primary N) is 1. The Labute approximate surface area is 100 Å². The third-order valence-electron chi connectivity index (χ3n) is 2.97. The molecule has 1 heterocycles. The standard InChI is InChI=1S/C13H16N2O2/c14-12-6-7-15(9-11(12)13(16)17)8-10-4-2-1-3-5-10/h1-5H,6-9,14H2,(H,16,17). The highest BCUT2D eigenvalue weighted by Crippen LogP contribution is 2.16. The molecule has 0 unspecified atom stereocenters. The Morgan fingerprint density at radius 3 is 2.71 bits per heavy atom. The van der Waals surface area contributed by atoms with E-state index in [2.05, 4.69) is 4.90 Å². The van der Waals surface area contributed by atoms with E-state index in [1.807, 2.05) is 30.3 Å². The van der Waals surface area contributed by atoms with Crippen molar-refractivity contribution in [1.82, 2.24) is 4.90 Å². The lowest BCUT2D eigenvalue weighted by molar-refractivity contribution is -0.133.